The third kappa shape index (κ3) is 28.3. The Morgan fingerprint density at radius 3 is 1.13 bits per heavy atom. The molecule has 5 aromatic carbocycles. The fourth-order valence-electron chi connectivity index (χ4n) is 15.5. The van der Waals surface area contributed by atoms with Crippen LogP contribution in [0.15, 0.2) is 139 Å². The number of fused-ring (bicyclic) bond motifs is 6. The highest BCUT2D eigenvalue weighted by Crippen LogP contribution is 2.42. The minimum Gasteiger partial charge on any atom is -0.456 e. The van der Waals surface area contributed by atoms with Crippen LogP contribution in [0, 0.1) is 24.7 Å². The quantitative estimate of drug-likeness (QED) is 0.0141. The monoisotopic (exact) mass is 2440 g/mol. The molecular weight excluding hydrogens is 2320 g/mol. The van der Waals surface area contributed by atoms with Crippen LogP contribution in [0.4, 0.5) is 24.5 Å². The van der Waals surface area contributed by atoms with Crippen molar-refractivity contribution in [3.8, 4) is 51.7 Å². The maximum atomic E-state index is 14.7. The smallest absolute Gasteiger partial charge is 0.456 e. The van der Waals surface area contributed by atoms with Crippen LogP contribution in [0.3, 0.4) is 0 Å². The first-order valence-corrected chi connectivity index (χ1v) is 66.0. The van der Waals surface area contributed by atoms with E-state index in [9.17, 15) is 36.9 Å². The Morgan fingerprint density at radius 1 is 0.443 bits per heavy atom. The Bertz CT molecular complexity index is 6520. The molecule has 7 fully saturated rings. The number of hydrogen-bond acceptors (Lipinski definition) is 27. The highest BCUT2D eigenvalue weighted by molar-refractivity contribution is 14.1. The summed E-state index contributed by atoms with van der Waals surface area (Å²) >= 11 is 30.1. The van der Waals surface area contributed by atoms with Crippen molar-refractivity contribution in [3.63, 3.8) is 0 Å². The van der Waals surface area contributed by atoms with Crippen LogP contribution in [-0.2, 0) is 91.6 Å². The second kappa shape index (κ2) is 46.1. The van der Waals surface area contributed by atoms with Crippen LogP contribution >= 0.6 is 112 Å². The van der Waals surface area contributed by atoms with Crippen molar-refractivity contribution >= 4 is 213 Å². The van der Waals surface area contributed by atoms with Gasteiger partial charge in [-0.3, -0.25) is 13.7 Å². The molecule has 46 heteroatoms. The molecule has 0 spiro atoms. The molecule has 0 unspecified atom stereocenters. The molecule has 30 nitrogen and oxygen atoms in total. The molecule has 140 heavy (non-hydrogen) atoms. The van der Waals surface area contributed by atoms with Gasteiger partial charge in [-0.05, 0) is 174 Å². The lowest BCUT2D eigenvalue weighted by atomic mass is 9.79. The number of ether oxygens (including phenoxy) is 12. The molecule has 7 aliphatic heterocycles. The molecule has 18 rings (SSSR count). The minimum absolute atomic E-state index is 0.0673. The van der Waals surface area contributed by atoms with E-state index in [4.69, 9.17) is 121 Å². The SMILES string of the molecule is CC1(C)OB(c2ccc(-c3nc4c(cc3Cl)nc(O[C@@H]3CO[C@H]5[C@@H]3OC[C@H]5O)n4COCC[Si](C)(C)C)cc2)OC1(C)C.CS(C)(=O)=Nc1ccc(Br)cc1F.C[Si](C)(C)CCOCn1c(O[C@@H]2CO[C@H]3[C@@H]2OC[C@H]3O)nc2cc(Cl)c(-c3ccc(-c4ccc(N=S(C)(C)=O)c(F)c4)cc3)nc21.C[Si](C)(C)CCOCn1c(O[C@@H]2CO[C@H]3[C@@H]2OC[C@H]3O)nc2cc(Cl)c(I)nc21.Fc1cc(Br)ccc1I. The molecule has 7 saturated heterocycles. The van der Waals surface area contributed by atoms with Crippen molar-refractivity contribution in [1.82, 2.24) is 43.6 Å². The summed E-state index contributed by atoms with van der Waals surface area (Å²) in [4.78, 5) is 28.5. The van der Waals surface area contributed by atoms with Crippen LogP contribution in [0.25, 0.3) is 67.1 Å². The Balaban J connectivity index is 0.000000153. The van der Waals surface area contributed by atoms with Gasteiger partial charge < -0.3 is 81.5 Å². The third-order valence-electron chi connectivity index (χ3n) is 23.8. The number of nitrogens with zero attached hydrogens (tertiary/aromatic N) is 11. The van der Waals surface area contributed by atoms with E-state index < -0.39 is 122 Å². The summed E-state index contributed by atoms with van der Waals surface area (Å²) in [5.41, 5.74) is 8.07. The molecule has 0 amide bonds. The second-order valence-electron chi connectivity index (χ2n) is 40.0. The van der Waals surface area contributed by atoms with E-state index in [1.165, 1.54) is 55.4 Å². The van der Waals surface area contributed by atoms with Crippen molar-refractivity contribution in [1.29, 1.82) is 0 Å². The van der Waals surface area contributed by atoms with E-state index >= 15 is 0 Å². The molecule has 6 aromatic heterocycles. The van der Waals surface area contributed by atoms with E-state index in [-0.39, 0.29) is 88.2 Å². The van der Waals surface area contributed by atoms with Gasteiger partial charge in [0.15, 0.2) is 41.1 Å². The number of imidazole rings is 3. The van der Waals surface area contributed by atoms with Crippen LogP contribution in [0.5, 0.6) is 18.0 Å². The average Bonchev–Trinajstić information content (AvgIpc) is 1.60. The molecular formula is C94H116BBr2Cl3F3I2N11O19S2Si3. The van der Waals surface area contributed by atoms with Gasteiger partial charge in [-0.1, -0.05) is 180 Å². The molecule has 3 N–H and O–H groups in total. The number of benzene rings is 5. The topological polar surface area (TPSA) is 341 Å². The Kier molecular flexibility index (Phi) is 36.3. The van der Waals surface area contributed by atoms with E-state index in [1.807, 2.05) is 114 Å². The van der Waals surface area contributed by atoms with Gasteiger partial charge in [-0.2, -0.15) is 23.7 Å². The zero-order valence-corrected chi connectivity index (χ0v) is 94.9. The highest BCUT2D eigenvalue weighted by atomic mass is 127. The van der Waals surface area contributed by atoms with E-state index in [0.29, 0.717) is 128 Å². The summed E-state index contributed by atoms with van der Waals surface area (Å²) in [5, 5.41) is 31.7. The van der Waals surface area contributed by atoms with Gasteiger partial charge in [0.25, 0.3) is 0 Å². The number of halogens is 10. The summed E-state index contributed by atoms with van der Waals surface area (Å²) in [6.07, 6.45) is 0.356. The predicted molar refractivity (Wildman–Crippen MR) is 569 cm³/mol. The molecule has 758 valence electrons. The van der Waals surface area contributed by atoms with Gasteiger partial charge in [0.05, 0.1) is 77.3 Å². The Morgan fingerprint density at radius 2 is 0.771 bits per heavy atom. The molecule has 12 atom stereocenters. The molecule has 0 bridgehead atoms. The molecule has 0 saturated carbocycles. The van der Waals surface area contributed by atoms with Gasteiger partial charge in [0, 0.05) is 112 Å². The largest absolute Gasteiger partial charge is 0.494 e. The molecule has 7 aliphatic rings. The van der Waals surface area contributed by atoms with Crippen LogP contribution in [0.2, 0.25) is 92.1 Å². The van der Waals surface area contributed by atoms with Crippen molar-refractivity contribution < 1.29 is 103 Å². The highest BCUT2D eigenvalue weighted by Gasteiger charge is 2.54. The molecule has 0 aliphatic carbocycles. The van der Waals surface area contributed by atoms with Crippen molar-refractivity contribution in [2.45, 2.75) is 209 Å². The summed E-state index contributed by atoms with van der Waals surface area (Å²) in [6, 6.07) is 38.9. The molecule has 11 aromatic rings. The Labute approximate surface area is 875 Å². The van der Waals surface area contributed by atoms with Gasteiger partial charge in [0.2, 0.25) is 0 Å². The fourth-order valence-corrected chi connectivity index (χ4v) is 21.1. The normalized spacial score (nSPS) is 22.5. The number of aromatic nitrogens is 9. The first-order chi connectivity index (χ1) is 65.8. The lowest BCUT2D eigenvalue weighted by Gasteiger charge is -2.32. The number of pyridine rings is 3. The maximum absolute atomic E-state index is 14.7. The van der Waals surface area contributed by atoms with Gasteiger partial charge in [-0.15, -0.1) is 0 Å². The molecule has 13 heterocycles. The number of aliphatic hydroxyl groups excluding tert-OH is 3. The second-order valence-corrected chi connectivity index (χ2v) is 67.2. The third-order valence-corrected chi connectivity index (χ3v) is 34.1. The van der Waals surface area contributed by atoms with Crippen molar-refractivity contribution in [2.75, 3.05) is 84.5 Å². The fraction of sp³-hybridized carbons (Fsp3) is 0.489. The summed E-state index contributed by atoms with van der Waals surface area (Å²) in [5.74, 6) is -1.18. The maximum Gasteiger partial charge on any atom is 0.494 e. The van der Waals surface area contributed by atoms with Crippen LogP contribution in [0.1, 0.15) is 27.7 Å². The van der Waals surface area contributed by atoms with Gasteiger partial charge >= 0.3 is 25.1 Å². The van der Waals surface area contributed by atoms with Crippen LogP contribution in [-0.4, -0.2) is 268 Å². The van der Waals surface area contributed by atoms with Gasteiger partial charge in [0.1, 0.15) is 118 Å². The van der Waals surface area contributed by atoms with E-state index in [0.717, 1.165) is 44.8 Å². The van der Waals surface area contributed by atoms with Gasteiger partial charge in [-0.25, -0.2) is 36.5 Å². The first kappa shape index (κ1) is 110. The first-order valence-electron chi connectivity index (χ1n) is 45.4. The lowest BCUT2D eigenvalue weighted by Crippen LogP contribution is -2.41. The molecule has 0 radical (unpaired) electrons. The number of aliphatic hydroxyl groups is 3. The standard InChI is InChI=1S/C32H38ClFN4O6SSi.C30H41BClN3O7Si.C18H25ClIN3O5Si.C8H9BrFNOS.C6H3BrFI/c1-45(2,40)37-24-11-10-21(14-23(24)34)19-6-8-20(9-7-19)28-22(33)15-25-31(36-28)38(18-41-12-13-46(3,4)5)32(35-25)44-27-17-43-29-26(39)16-42-30(27)29;1-29(2)30(3,4)42-31(41-29)19-10-8-18(9-11-19)24-20(32)14-21-27(34-24)35(17-37-12-13-43(5,6)7)28(33-21)40-23-16-39-25-22(36)15-38-26(23)25;1-29(2,3)5-4-25-9-23-17-11(6-10(19)16(20)22-17)21-18(23)28-13-8-27-14-12(24)7-26-15(13)14;1-13(2,12)11-8-4-3-6(9)5-7(8)10;7-4-1-2-6(9)5(8)3-4/h6-11,14-15,26-27,29-30,39H,12-13,16-18H2,1-5H3;8-11,14,22-23,25-26,36H,12-13,15-17H2,1-7H3;6,12-15,24H,4-5,7-9H2,1-3H3;3-5H,1-2H3;1-3H/t26-,27-,29-,30-;22-,23-,25-,26-;12-,13-,14-,15-;;/m111../s1. The predicted octanol–water partition coefficient (Wildman–Crippen LogP) is 19.5. The summed E-state index contributed by atoms with van der Waals surface area (Å²) in [7, 11) is -9.01. The van der Waals surface area contributed by atoms with Crippen molar-refractivity contribution in [3.05, 3.63) is 170 Å². The number of hydrogen-bond donors (Lipinski definition) is 3. The van der Waals surface area contributed by atoms with Crippen molar-refractivity contribution in [2.24, 2.45) is 8.73 Å². The number of rotatable bonds is 27. The Hall–Kier alpha value is -5.50. The average molecular weight is 2440 g/mol. The van der Waals surface area contributed by atoms with E-state index in [1.54, 1.807) is 41.0 Å². The summed E-state index contributed by atoms with van der Waals surface area (Å²) in [6.45, 7) is 33.1. The lowest BCUT2D eigenvalue weighted by molar-refractivity contribution is 0.00332. The zero-order valence-electron chi connectivity index (χ0n) is 80.5. The zero-order chi connectivity index (χ0) is 101. The summed E-state index contributed by atoms with van der Waals surface area (Å²) < 4.78 is 163. The minimum atomic E-state index is -2.48. The van der Waals surface area contributed by atoms with E-state index in [2.05, 4.69) is 132 Å². The van der Waals surface area contributed by atoms with Crippen LogP contribution < -0.4 is 19.7 Å².